The largest absolute Gasteiger partial charge is 0.534 e. The second-order valence-electron chi connectivity index (χ2n) is 6.78. The molecule has 3 rings (SSSR count). The number of hydrogen-bond acceptors (Lipinski definition) is 7. The smallest absolute Gasteiger partial charge is 0.481 e. The van der Waals surface area contributed by atoms with Crippen LogP contribution in [0.5, 0.6) is 11.8 Å². The molecule has 1 atom stereocenters. The molecule has 0 unspecified atom stereocenters. The van der Waals surface area contributed by atoms with Crippen molar-refractivity contribution in [2.45, 2.75) is 38.4 Å². The molecule has 29 heavy (non-hydrogen) atoms. The van der Waals surface area contributed by atoms with Gasteiger partial charge >= 0.3 is 15.6 Å². The molecule has 0 saturated heterocycles. The lowest BCUT2D eigenvalue weighted by atomic mass is 9.99. The van der Waals surface area contributed by atoms with Gasteiger partial charge < -0.3 is 8.92 Å². The van der Waals surface area contributed by atoms with Crippen molar-refractivity contribution in [2.24, 2.45) is 7.05 Å². The Balaban J connectivity index is 1.87. The van der Waals surface area contributed by atoms with Crippen molar-refractivity contribution in [3.63, 3.8) is 0 Å². The topological polar surface area (TPSA) is 86.5 Å². The van der Waals surface area contributed by atoms with Gasteiger partial charge in [-0.05, 0) is 31.9 Å². The minimum Gasteiger partial charge on any atom is -0.481 e. The van der Waals surface area contributed by atoms with Crippen LogP contribution in [0.4, 0.5) is 13.2 Å². The van der Waals surface area contributed by atoms with Gasteiger partial charge in [0.1, 0.15) is 0 Å². The standard InChI is InChI=1S/C17H21F3N4O4S/c1-10-12(5-7-21-15(10)27-4)9-24-8-6-13-14(11(24)2)22-23(3)16(13)28-29(25,26)17(18,19)20/h5,7,11H,6,8-9H2,1-4H3/t11-/m0/s1. The number of aromatic nitrogens is 3. The van der Waals surface area contributed by atoms with Crippen molar-refractivity contribution in [3.8, 4) is 11.8 Å². The Labute approximate surface area is 166 Å². The predicted molar refractivity (Wildman–Crippen MR) is 96.9 cm³/mol. The zero-order valence-electron chi connectivity index (χ0n) is 16.3. The molecule has 0 saturated carbocycles. The molecule has 3 heterocycles. The van der Waals surface area contributed by atoms with Gasteiger partial charge in [-0.25, -0.2) is 9.67 Å². The maximum Gasteiger partial charge on any atom is 0.534 e. The highest BCUT2D eigenvalue weighted by molar-refractivity contribution is 7.87. The highest BCUT2D eigenvalue weighted by Gasteiger charge is 2.49. The van der Waals surface area contributed by atoms with E-state index in [4.69, 9.17) is 4.74 Å². The van der Waals surface area contributed by atoms with E-state index in [1.165, 1.54) is 7.05 Å². The van der Waals surface area contributed by atoms with E-state index in [0.717, 1.165) is 15.8 Å². The fourth-order valence-corrected chi connectivity index (χ4v) is 3.90. The van der Waals surface area contributed by atoms with Crippen LogP contribution in [-0.4, -0.2) is 47.2 Å². The van der Waals surface area contributed by atoms with Gasteiger partial charge in [-0.3, -0.25) is 4.90 Å². The average Bonchev–Trinajstić information content (AvgIpc) is 2.94. The van der Waals surface area contributed by atoms with Gasteiger partial charge in [-0.2, -0.15) is 26.7 Å². The first-order valence-electron chi connectivity index (χ1n) is 8.75. The van der Waals surface area contributed by atoms with Gasteiger partial charge in [0.05, 0.1) is 18.8 Å². The molecule has 2 aromatic rings. The van der Waals surface area contributed by atoms with E-state index in [1.54, 1.807) is 13.3 Å². The molecule has 0 N–H and O–H groups in total. The Hall–Kier alpha value is -2.34. The number of halogens is 3. The highest BCUT2D eigenvalue weighted by atomic mass is 32.2. The molecule has 0 amide bonds. The lowest BCUT2D eigenvalue weighted by Gasteiger charge is -2.33. The van der Waals surface area contributed by atoms with Gasteiger partial charge in [0.15, 0.2) is 0 Å². The lowest BCUT2D eigenvalue weighted by Crippen LogP contribution is -2.34. The summed E-state index contributed by atoms with van der Waals surface area (Å²) in [5.74, 6) is 0.129. The van der Waals surface area contributed by atoms with E-state index in [9.17, 15) is 21.6 Å². The summed E-state index contributed by atoms with van der Waals surface area (Å²) in [6, 6.07) is 1.62. The fraction of sp³-hybridized carbons (Fsp3) is 0.529. The number of nitrogens with zero attached hydrogens (tertiary/aromatic N) is 4. The zero-order chi connectivity index (χ0) is 21.6. The third-order valence-corrected chi connectivity index (χ3v) is 5.96. The molecule has 2 aromatic heterocycles. The summed E-state index contributed by atoms with van der Waals surface area (Å²) in [4.78, 5) is 6.25. The number of fused-ring (bicyclic) bond motifs is 1. The molecule has 0 aromatic carbocycles. The normalized spacial score (nSPS) is 17.8. The molecule has 0 aliphatic carbocycles. The molecule has 0 fully saturated rings. The Kier molecular flexibility index (Phi) is 5.52. The predicted octanol–water partition coefficient (Wildman–Crippen LogP) is 2.48. The van der Waals surface area contributed by atoms with E-state index in [-0.39, 0.29) is 6.04 Å². The number of ether oxygens (including phenoxy) is 1. The maximum absolute atomic E-state index is 12.7. The first kappa shape index (κ1) is 21.4. The molecule has 1 aliphatic rings. The molecule has 8 nitrogen and oxygen atoms in total. The third kappa shape index (κ3) is 3.90. The van der Waals surface area contributed by atoms with Gasteiger partial charge in [-0.1, -0.05) is 0 Å². The highest BCUT2D eigenvalue weighted by Crippen LogP contribution is 2.37. The summed E-state index contributed by atoms with van der Waals surface area (Å²) in [6.45, 7) is 4.81. The first-order valence-corrected chi connectivity index (χ1v) is 10.2. The van der Waals surface area contributed by atoms with Crippen molar-refractivity contribution in [2.75, 3.05) is 13.7 Å². The second kappa shape index (κ2) is 7.48. The molecule has 0 spiro atoms. The number of aryl methyl sites for hydroxylation is 1. The Morgan fingerprint density at radius 3 is 2.66 bits per heavy atom. The molecule has 0 bridgehead atoms. The average molecular weight is 434 g/mol. The van der Waals surface area contributed by atoms with Crippen LogP contribution in [0.2, 0.25) is 0 Å². The molecule has 160 valence electrons. The van der Waals surface area contributed by atoms with Crippen molar-refractivity contribution in [1.82, 2.24) is 19.7 Å². The summed E-state index contributed by atoms with van der Waals surface area (Å²) in [5.41, 5.74) is -2.75. The van der Waals surface area contributed by atoms with Crippen LogP contribution in [0.3, 0.4) is 0 Å². The third-order valence-electron chi connectivity index (χ3n) is 5.02. The summed E-state index contributed by atoms with van der Waals surface area (Å²) in [5, 5.41) is 4.23. The van der Waals surface area contributed by atoms with Crippen LogP contribution in [0, 0.1) is 6.92 Å². The number of rotatable bonds is 5. The van der Waals surface area contributed by atoms with Crippen LogP contribution in [0.15, 0.2) is 12.3 Å². The summed E-state index contributed by atoms with van der Waals surface area (Å²) in [7, 11) is -2.87. The van der Waals surface area contributed by atoms with Gasteiger partial charge in [0.2, 0.25) is 11.8 Å². The summed E-state index contributed by atoms with van der Waals surface area (Å²) < 4.78 is 71.6. The molecular formula is C17H21F3N4O4S. The molecular weight excluding hydrogens is 413 g/mol. The van der Waals surface area contributed by atoms with Crippen molar-refractivity contribution in [3.05, 3.63) is 34.6 Å². The molecule has 0 radical (unpaired) electrons. The maximum atomic E-state index is 12.7. The van der Waals surface area contributed by atoms with Crippen LogP contribution in [-0.2, 0) is 30.1 Å². The van der Waals surface area contributed by atoms with Gasteiger partial charge in [0.25, 0.3) is 0 Å². The van der Waals surface area contributed by atoms with E-state index < -0.39 is 21.5 Å². The Bertz CT molecular complexity index is 1020. The van der Waals surface area contributed by atoms with Crippen LogP contribution in [0.1, 0.15) is 35.3 Å². The minimum absolute atomic E-state index is 0.255. The van der Waals surface area contributed by atoms with Crippen molar-refractivity contribution in [1.29, 1.82) is 0 Å². The number of hydrogen-bond donors (Lipinski definition) is 0. The van der Waals surface area contributed by atoms with E-state index in [2.05, 4.69) is 19.2 Å². The Morgan fingerprint density at radius 1 is 1.34 bits per heavy atom. The van der Waals surface area contributed by atoms with Crippen LogP contribution >= 0.6 is 0 Å². The monoisotopic (exact) mass is 434 g/mol. The first-order chi connectivity index (χ1) is 13.5. The van der Waals surface area contributed by atoms with Gasteiger partial charge in [0, 0.05) is 37.5 Å². The van der Waals surface area contributed by atoms with E-state index in [0.29, 0.717) is 36.6 Å². The number of methoxy groups -OCH3 is 1. The SMILES string of the molecule is COc1nccc(CN2CCc3c(nn(C)c3OS(=O)(=O)C(F)(F)F)[C@@H]2C)c1C. The second-order valence-corrected chi connectivity index (χ2v) is 8.31. The minimum atomic E-state index is -5.76. The summed E-state index contributed by atoms with van der Waals surface area (Å²) in [6.07, 6.45) is 1.95. The van der Waals surface area contributed by atoms with E-state index >= 15 is 0 Å². The molecule has 1 aliphatic heterocycles. The Morgan fingerprint density at radius 2 is 2.03 bits per heavy atom. The zero-order valence-corrected chi connectivity index (χ0v) is 17.1. The summed E-state index contributed by atoms with van der Waals surface area (Å²) >= 11 is 0. The van der Waals surface area contributed by atoms with Crippen LogP contribution in [0.25, 0.3) is 0 Å². The van der Waals surface area contributed by atoms with Crippen molar-refractivity contribution < 1.29 is 30.5 Å². The number of alkyl halides is 3. The fourth-order valence-electron chi connectivity index (χ4n) is 3.39. The lowest BCUT2D eigenvalue weighted by molar-refractivity contribution is -0.0502. The van der Waals surface area contributed by atoms with E-state index in [1.807, 2.05) is 19.9 Å². The quantitative estimate of drug-likeness (QED) is 0.528. The number of pyridine rings is 1. The van der Waals surface area contributed by atoms with Gasteiger partial charge in [-0.15, -0.1) is 0 Å². The molecule has 12 heteroatoms. The van der Waals surface area contributed by atoms with Crippen molar-refractivity contribution >= 4 is 10.1 Å². The van der Waals surface area contributed by atoms with Crippen LogP contribution < -0.4 is 8.92 Å².